The summed E-state index contributed by atoms with van der Waals surface area (Å²) in [6, 6.07) is 12.4. The number of halogens is 1. The Morgan fingerprint density at radius 1 is 1.23 bits per heavy atom. The van der Waals surface area contributed by atoms with E-state index in [2.05, 4.69) is 26.0 Å². The quantitative estimate of drug-likeness (QED) is 0.385. The molecule has 0 aliphatic rings. The van der Waals surface area contributed by atoms with Gasteiger partial charge in [-0.1, -0.05) is 22.9 Å². The van der Waals surface area contributed by atoms with Crippen LogP contribution in [0.1, 0.15) is 32.2 Å². The average Bonchev–Trinajstić information content (AvgIpc) is 2.72. The minimum atomic E-state index is -0.419. The van der Waals surface area contributed by atoms with Crippen LogP contribution in [0.5, 0.6) is 5.75 Å². The standard InChI is InChI=1S/C22H22BrN3O4/c1-4-20-25-19-10-7-16(23)11-18(19)22(28)26(20)24-12-15-5-8-17(9-6-15)29-13-21(27)30-14(2)3/h5-12,14H,4,13H2,1-3H3. The molecule has 156 valence electrons. The van der Waals surface area contributed by atoms with Gasteiger partial charge in [-0.05, 0) is 61.9 Å². The van der Waals surface area contributed by atoms with Gasteiger partial charge in [0.05, 0.1) is 23.2 Å². The summed E-state index contributed by atoms with van der Waals surface area (Å²) in [4.78, 5) is 29.0. The van der Waals surface area contributed by atoms with Crippen LogP contribution in [0.15, 0.2) is 56.8 Å². The molecule has 3 aromatic rings. The maximum Gasteiger partial charge on any atom is 0.344 e. The van der Waals surface area contributed by atoms with Gasteiger partial charge in [0.1, 0.15) is 11.6 Å². The van der Waals surface area contributed by atoms with Gasteiger partial charge in [0, 0.05) is 10.9 Å². The lowest BCUT2D eigenvalue weighted by Crippen LogP contribution is -2.22. The number of hydrogen-bond acceptors (Lipinski definition) is 6. The normalized spacial score (nSPS) is 11.4. The summed E-state index contributed by atoms with van der Waals surface area (Å²) in [5.41, 5.74) is 1.19. The Morgan fingerprint density at radius 2 is 1.97 bits per heavy atom. The van der Waals surface area contributed by atoms with Crippen LogP contribution in [0.4, 0.5) is 0 Å². The van der Waals surface area contributed by atoms with Crippen molar-refractivity contribution in [1.29, 1.82) is 0 Å². The van der Waals surface area contributed by atoms with Gasteiger partial charge in [0.2, 0.25) is 0 Å². The molecule has 3 rings (SSSR count). The van der Waals surface area contributed by atoms with Crippen LogP contribution in [-0.2, 0) is 16.0 Å². The zero-order chi connectivity index (χ0) is 21.7. The molecular formula is C22H22BrN3O4. The Kier molecular flexibility index (Phi) is 6.99. The van der Waals surface area contributed by atoms with Gasteiger partial charge in [-0.25, -0.2) is 9.78 Å². The highest BCUT2D eigenvalue weighted by atomic mass is 79.9. The van der Waals surface area contributed by atoms with E-state index in [1.807, 2.05) is 19.1 Å². The molecule has 1 aromatic heterocycles. The van der Waals surface area contributed by atoms with Crippen LogP contribution >= 0.6 is 15.9 Å². The molecule has 0 saturated carbocycles. The molecule has 0 N–H and O–H groups in total. The number of carbonyl (C=O) groups is 1. The van der Waals surface area contributed by atoms with E-state index in [0.717, 1.165) is 10.0 Å². The summed E-state index contributed by atoms with van der Waals surface area (Å²) in [6.45, 7) is 5.34. The number of rotatable bonds is 7. The lowest BCUT2D eigenvalue weighted by Gasteiger charge is -2.09. The van der Waals surface area contributed by atoms with E-state index in [9.17, 15) is 9.59 Å². The highest BCUT2D eigenvalue weighted by Crippen LogP contribution is 2.16. The molecule has 1 heterocycles. The molecule has 2 aromatic carbocycles. The first kappa shape index (κ1) is 21.7. The Labute approximate surface area is 182 Å². The zero-order valence-corrected chi connectivity index (χ0v) is 18.5. The number of carbonyl (C=O) groups excluding carboxylic acids is 1. The first-order chi connectivity index (χ1) is 14.4. The van der Waals surface area contributed by atoms with Crippen molar-refractivity contribution in [3.63, 3.8) is 0 Å². The molecule has 0 saturated heterocycles. The predicted octanol–water partition coefficient (Wildman–Crippen LogP) is 3.93. The van der Waals surface area contributed by atoms with Gasteiger partial charge in [-0.3, -0.25) is 4.79 Å². The Hall–Kier alpha value is -3.00. The van der Waals surface area contributed by atoms with E-state index < -0.39 is 5.97 Å². The molecule has 7 nitrogen and oxygen atoms in total. The summed E-state index contributed by atoms with van der Waals surface area (Å²) in [6.07, 6.45) is 1.97. The van der Waals surface area contributed by atoms with E-state index in [-0.39, 0.29) is 18.3 Å². The van der Waals surface area contributed by atoms with Gasteiger partial charge in [0.15, 0.2) is 6.61 Å². The minimum Gasteiger partial charge on any atom is -0.482 e. The van der Waals surface area contributed by atoms with Gasteiger partial charge < -0.3 is 9.47 Å². The van der Waals surface area contributed by atoms with Crippen LogP contribution in [0, 0.1) is 0 Å². The maximum atomic E-state index is 12.9. The van der Waals surface area contributed by atoms with Crippen molar-refractivity contribution < 1.29 is 14.3 Å². The van der Waals surface area contributed by atoms with Crippen LogP contribution < -0.4 is 10.3 Å². The smallest absolute Gasteiger partial charge is 0.344 e. The van der Waals surface area contributed by atoms with Crippen LogP contribution in [-0.4, -0.2) is 34.6 Å². The van der Waals surface area contributed by atoms with Crippen molar-refractivity contribution in [2.45, 2.75) is 33.3 Å². The molecular weight excluding hydrogens is 450 g/mol. The fourth-order valence-corrected chi connectivity index (χ4v) is 3.12. The second-order valence-corrected chi connectivity index (χ2v) is 7.72. The van der Waals surface area contributed by atoms with Crippen LogP contribution in [0.3, 0.4) is 0 Å². The van der Waals surface area contributed by atoms with E-state index in [0.29, 0.717) is 28.9 Å². The fourth-order valence-electron chi connectivity index (χ4n) is 2.76. The Bertz CT molecular complexity index is 1140. The molecule has 0 amide bonds. The van der Waals surface area contributed by atoms with E-state index in [4.69, 9.17) is 9.47 Å². The largest absolute Gasteiger partial charge is 0.482 e. The number of aryl methyl sites for hydroxylation is 1. The van der Waals surface area contributed by atoms with E-state index in [1.165, 1.54) is 4.68 Å². The molecule has 0 spiro atoms. The molecule has 0 fully saturated rings. The minimum absolute atomic E-state index is 0.154. The molecule has 8 heteroatoms. The number of fused-ring (bicyclic) bond motifs is 1. The third kappa shape index (κ3) is 5.33. The fraction of sp³-hybridized carbons (Fsp3) is 0.273. The predicted molar refractivity (Wildman–Crippen MR) is 119 cm³/mol. The lowest BCUT2D eigenvalue weighted by molar-refractivity contribution is -0.149. The van der Waals surface area contributed by atoms with Crippen molar-refractivity contribution in [1.82, 2.24) is 9.66 Å². The van der Waals surface area contributed by atoms with Crippen molar-refractivity contribution in [2.24, 2.45) is 5.10 Å². The summed E-state index contributed by atoms with van der Waals surface area (Å²) in [5, 5.41) is 4.85. The third-order valence-electron chi connectivity index (χ3n) is 4.12. The first-order valence-electron chi connectivity index (χ1n) is 9.55. The molecule has 0 aliphatic heterocycles. The summed E-state index contributed by atoms with van der Waals surface area (Å²) < 4.78 is 12.6. The first-order valence-corrected chi connectivity index (χ1v) is 10.3. The van der Waals surface area contributed by atoms with E-state index in [1.54, 1.807) is 50.4 Å². The number of hydrogen-bond donors (Lipinski definition) is 0. The van der Waals surface area contributed by atoms with Crippen LogP contribution in [0.2, 0.25) is 0 Å². The second kappa shape index (κ2) is 9.67. The topological polar surface area (TPSA) is 82.8 Å². The molecule has 30 heavy (non-hydrogen) atoms. The molecule has 0 bridgehead atoms. The highest BCUT2D eigenvalue weighted by Gasteiger charge is 2.10. The maximum absolute atomic E-state index is 12.9. The van der Waals surface area contributed by atoms with E-state index >= 15 is 0 Å². The van der Waals surface area contributed by atoms with Gasteiger partial charge in [0.25, 0.3) is 5.56 Å². The Morgan fingerprint density at radius 3 is 2.63 bits per heavy atom. The SMILES string of the molecule is CCc1nc2ccc(Br)cc2c(=O)n1N=Cc1ccc(OCC(=O)OC(C)C)cc1. The third-order valence-corrected chi connectivity index (χ3v) is 4.61. The average molecular weight is 472 g/mol. The monoisotopic (exact) mass is 471 g/mol. The van der Waals surface area contributed by atoms with Crippen molar-refractivity contribution >= 4 is 39.0 Å². The molecule has 0 atom stereocenters. The number of ether oxygens (including phenoxy) is 2. The van der Waals surface area contributed by atoms with Gasteiger partial charge in [-0.2, -0.15) is 9.78 Å². The number of aromatic nitrogens is 2. The van der Waals surface area contributed by atoms with Crippen LogP contribution in [0.25, 0.3) is 10.9 Å². The van der Waals surface area contributed by atoms with Crippen molar-refractivity contribution in [3.05, 3.63) is 68.7 Å². The van der Waals surface area contributed by atoms with Crippen molar-refractivity contribution in [3.8, 4) is 5.75 Å². The molecule has 0 radical (unpaired) electrons. The number of esters is 1. The lowest BCUT2D eigenvalue weighted by atomic mass is 10.2. The van der Waals surface area contributed by atoms with Gasteiger partial charge >= 0.3 is 5.97 Å². The number of nitrogens with zero attached hydrogens (tertiary/aromatic N) is 3. The summed E-state index contributed by atoms with van der Waals surface area (Å²) in [7, 11) is 0. The zero-order valence-electron chi connectivity index (χ0n) is 17.0. The molecule has 0 aliphatic carbocycles. The summed E-state index contributed by atoms with van der Waals surface area (Å²) in [5.74, 6) is 0.698. The highest BCUT2D eigenvalue weighted by molar-refractivity contribution is 9.10. The number of benzene rings is 2. The second-order valence-electron chi connectivity index (χ2n) is 6.80. The molecule has 0 unspecified atom stereocenters. The Balaban J connectivity index is 1.78. The van der Waals surface area contributed by atoms with Crippen molar-refractivity contribution in [2.75, 3.05) is 6.61 Å². The van der Waals surface area contributed by atoms with Gasteiger partial charge in [-0.15, -0.1) is 0 Å². The summed E-state index contributed by atoms with van der Waals surface area (Å²) >= 11 is 3.39.